The van der Waals surface area contributed by atoms with Gasteiger partial charge in [-0.15, -0.1) is 0 Å². The number of hydrogen-bond donors (Lipinski definition) is 3. The molecule has 1 unspecified atom stereocenters. The first-order valence-corrected chi connectivity index (χ1v) is 5.30. The van der Waals surface area contributed by atoms with Gasteiger partial charge in [0.1, 0.15) is 0 Å². The van der Waals surface area contributed by atoms with Gasteiger partial charge in [0.25, 0.3) is 0 Å². The van der Waals surface area contributed by atoms with Crippen LogP contribution in [0.4, 0.5) is 0 Å². The highest BCUT2D eigenvalue weighted by molar-refractivity contribution is 6.59. The van der Waals surface area contributed by atoms with Crippen molar-refractivity contribution < 1.29 is 10.0 Å². The van der Waals surface area contributed by atoms with Crippen molar-refractivity contribution in [1.82, 2.24) is 10.3 Å². The van der Waals surface area contributed by atoms with Crippen molar-refractivity contribution in [2.45, 2.75) is 18.8 Å². The molecule has 15 heavy (non-hydrogen) atoms. The van der Waals surface area contributed by atoms with E-state index in [2.05, 4.69) is 10.3 Å². The molecule has 5 heteroatoms. The second-order valence-corrected chi connectivity index (χ2v) is 3.89. The molecule has 0 radical (unpaired) electrons. The average molecular weight is 206 g/mol. The monoisotopic (exact) mass is 206 g/mol. The Morgan fingerprint density at radius 3 is 3.00 bits per heavy atom. The summed E-state index contributed by atoms with van der Waals surface area (Å²) in [7, 11) is -1.42. The van der Waals surface area contributed by atoms with Gasteiger partial charge in [-0.3, -0.25) is 4.98 Å². The summed E-state index contributed by atoms with van der Waals surface area (Å²) in [4.78, 5) is 4.26. The van der Waals surface area contributed by atoms with E-state index in [9.17, 15) is 10.0 Å². The van der Waals surface area contributed by atoms with E-state index in [4.69, 9.17) is 0 Å². The molecule has 80 valence electrons. The van der Waals surface area contributed by atoms with E-state index in [0.717, 1.165) is 31.6 Å². The third-order valence-electron chi connectivity index (χ3n) is 2.83. The van der Waals surface area contributed by atoms with Crippen molar-refractivity contribution in [3.8, 4) is 0 Å². The molecule has 1 aromatic heterocycles. The van der Waals surface area contributed by atoms with E-state index in [-0.39, 0.29) is 0 Å². The molecule has 1 aliphatic heterocycles. The first-order valence-electron chi connectivity index (χ1n) is 5.30. The van der Waals surface area contributed by atoms with Crippen LogP contribution in [-0.4, -0.2) is 35.2 Å². The lowest BCUT2D eigenvalue weighted by Crippen LogP contribution is -2.38. The lowest BCUT2D eigenvalue weighted by molar-refractivity contribution is 0.421. The zero-order chi connectivity index (χ0) is 10.7. The van der Waals surface area contributed by atoms with Crippen LogP contribution in [0, 0.1) is 0 Å². The molecule has 0 aromatic carbocycles. The second kappa shape index (κ2) is 4.74. The predicted octanol–water partition coefficient (Wildman–Crippen LogP) is -0.772. The Balaban J connectivity index is 2.25. The van der Waals surface area contributed by atoms with Gasteiger partial charge in [0.2, 0.25) is 0 Å². The minimum absolute atomic E-state index is 0.303. The first kappa shape index (κ1) is 10.6. The molecule has 0 spiro atoms. The molecule has 1 atom stereocenters. The second-order valence-electron chi connectivity index (χ2n) is 3.89. The van der Waals surface area contributed by atoms with Gasteiger partial charge in [-0.05, 0) is 25.5 Å². The fraction of sp³-hybridized carbons (Fsp3) is 0.500. The van der Waals surface area contributed by atoms with Crippen molar-refractivity contribution >= 4 is 12.6 Å². The van der Waals surface area contributed by atoms with Crippen LogP contribution in [0.15, 0.2) is 18.3 Å². The zero-order valence-electron chi connectivity index (χ0n) is 8.56. The van der Waals surface area contributed by atoms with Crippen LogP contribution in [0.5, 0.6) is 0 Å². The number of nitrogens with one attached hydrogen (secondary N) is 1. The summed E-state index contributed by atoms with van der Waals surface area (Å²) in [6, 6.07) is 3.45. The van der Waals surface area contributed by atoms with Crippen molar-refractivity contribution in [3.63, 3.8) is 0 Å². The molecule has 0 aliphatic carbocycles. The third kappa shape index (κ3) is 2.37. The smallest absolute Gasteiger partial charge is 0.423 e. The summed E-state index contributed by atoms with van der Waals surface area (Å²) in [6.07, 6.45) is 3.88. The molecule has 2 heterocycles. The lowest BCUT2D eigenvalue weighted by Gasteiger charge is -2.24. The molecule has 0 bridgehead atoms. The third-order valence-corrected chi connectivity index (χ3v) is 2.83. The van der Waals surface area contributed by atoms with Crippen molar-refractivity contribution in [2.75, 3.05) is 13.1 Å². The Morgan fingerprint density at radius 2 is 2.33 bits per heavy atom. The molecule has 1 aromatic rings. The molecule has 0 amide bonds. The van der Waals surface area contributed by atoms with E-state index in [0.29, 0.717) is 11.4 Å². The van der Waals surface area contributed by atoms with Gasteiger partial charge >= 0.3 is 7.12 Å². The van der Waals surface area contributed by atoms with Gasteiger partial charge in [0, 0.05) is 29.8 Å². The number of piperidine rings is 1. The van der Waals surface area contributed by atoms with Crippen LogP contribution < -0.4 is 10.8 Å². The van der Waals surface area contributed by atoms with Gasteiger partial charge in [0.15, 0.2) is 0 Å². The Labute approximate surface area is 89.5 Å². The SMILES string of the molecule is OB(O)c1cccnc1C1CCCNC1. The summed E-state index contributed by atoms with van der Waals surface area (Å²) in [5.41, 5.74) is 1.35. The Bertz CT molecular complexity index is 327. The molecule has 1 saturated heterocycles. The van der Waals surface area contributed by atoms with E-state index >= 15 is 0 Å². The van der Waals surface area contributed by atoms with Crippen LogP contribution >= 0.6 is 0 Å². The average Bonchev–Trinajstić information content (AvgIpc) is 2.30. The number of nitrogens with zero attached hydrogens (tertiary/aromatic N) is 1. The van der Waals surface area contributed by atoms with Gasteiger partial charge in [0.05, 0.1) is 0 Å². The van der Waals surface area contributed by atoms with Crippen molar-refractivity contribution in [2.24, 2.45) is 0 Å². The topological polar surface area (TPSA) is 65.4 Å². The van der Waals surface area contributed by atoms with Crippen LogP contribution in [0.2, 0.25) is 0 Å². The lowest BCUT2D eigenvalue weighted by atomic mass is 9.75. The zero-order valence-corrected chi connectivity index (χ0v) is 8.56. The molecule has 0 saturated carbocycles. The summed E-state index contributed by atoms with van der Waals surface area (Å²) < 4.78 is 0. The molecular weight excluding hydrogens is 191 g/mol. The standard InChI is InChI=1S/C10H15BN2O2/c14-11(15)9-4-2-6-13-10(9)8-3-1-5-12-7-8/h2,4,6,8,12,14-15H,1,3,5,7H2. The van der Waals surface area contributed by atoms with E-state index in [1.54, 1.807) is 18.3 Å². The number of rotatable bonds is 2. The maximum Gasteiger partial charge on any atom is 0.490 e. The number of pyridine rings is 1. The van der Waals surface area contributed by atoms with Crippen molar-refractivity contribution in [1.29, 1.82) is 0 Å². The molecule has 3 N–H and O–H groups in total. The minimum atomic E-state index is -1.42. The van der Waals surface area contributed by atoms with Crippen LogP contribution in [0.25, 0.3) is 0 Å². The highest BCUT2D eigenvalue weighted by Gasteiger charge is 2.24. The summed E-state index contributed by atoms with van der Waals surface area (Å²) >= 11 is 0. The van der Waals surface area contributed by atoms with Crippen LogP contribution in [0.3, 0.4) is 0 Å². The fourth-order valence-corrected chi connectivity index (χ4v) is 2.07. The highest BCUT2D eigenvalue weighted by Crippen LogP contribution is 2.19. The van der Waals surface area contributed by atoms with Gasteiger partial charge in [-0.25, -0.2) is 0 Å². The fourth-order valence-electron chi connectivity index (χ4n) is 2.07. The Kier molecular flexibility index (Phi) is 3.35. The highest BCUT2D eigenvalue weighted by atomic mass is 16.4. The number of hydrogen-bond acceptors (Lipinski definition) is 4. The minimum Gasteiger partial charge on any atom is -0.423 e. The normalized spacial score (nSPS) is 21.3. The van der Waals surface area contributed by atoms with Crippen molar-refractivity contribution in [3.05, 3.63) is 24.0 Å². The molecule has 2 rings (SSSR count). The predicted molar refractivity (Wildman–Crippen MR) is 58.9 cm³/mol. The van der Waals surface area contributed by atoms with Gasteiger partial charge in [-0.1, -0.05) is 6.07 Å². The van der Waals surface area contributed by atoms with E-state index in [1.165, 1.54) is 0 Å². The quantitative estimate of drug-likeness (QED) is 0.556. The van der Waals surface area contributed by atoms with Crippen LogP contribution in [-0.2, 0) is 0 Å². The first-order chi connectivity index (χ1) is 7.29. The maximum atomic E-state index is 9.23. The summed E-state index contributed by atoms with van der Waals surface area (Å²) in [5, 5.41) is 21.8. The summed E-state index contributed by atoms with van der Waals surface area (Å²) in [6.45, 7) is 1.91. The Hall–Kier alpha value is -0.905. The maximum absolute atomic E-state index is 9.23. The molecule has 1 fully saturated rings. The van der Waals surface area contributed by atoms with Crippen LogP contribution in [0.1, 0.15) is 24.5 Å². The van der Waals surface area contributed by atoms with Gasteiger partial charge in [-0.2, -0.15) is 0 Å². The Morgan fingerprint density at radius 1 is 1.47 bits per heavy atom. The molecule has 1 aliphatic rings. The van der Waals surface area contributed by atoms with E-state index < -0.39 is 7.12 Å². The number of aromatic nitrogens is 1. The molecular formula is C10H15BN2O2. The summed E-state index contributed by atoms with van der Waals surface area (Å²) in [5.74, 6) is 0.303. The van der Waals surface area contributed by atoms with Gasteiger partial charge < -0.3 is 15.4 Å². The largest absolute Gasteiger partial charge is 0.490 e. The molecule has 4 nitrogen and oxygen atoms in total. The van der Waals surface area contributed by atoms with E-state index in [1.807, 2.05) is 0 Å².